The number of urea groups is 1. The quantitative estimate of drug-likeness (QED) is 0.433. The molecule has 0 unspecified atom stereocenters. The Kier molecular flexibility index (Phi) is 7.09. The van der Waals surface area contributed by atoms with Gasteiger partial charge < -0.3 is 5.32 Å². The van der Waals surface area contributed by atoms with Crippen LogP contribution in [0.4, 0.5) is 10.5 Å². The number of imide groups is 1. The summed E-state index contributed by atoms with van der Waals surface area (Å²) in [4.78, 5) is 26.3. The fraction of sp³-hybridized carbons (Fsp3) is 0.0476. The van der Waals surface area contributed by atoms with Crippen molar-refractivity contribution in [3.8, 4) is 0 Å². The van der Waals surface area contributed by atoms with Crippen LogP contribution in [-0.2, 0) is 0 Å². The number of anilines is 1. The molecule has 3 rings (SSSR count). The van der Waals surface area contributed by atoms with Gasteiger partial charge in [-0.1, -0.05) is 70.3 Å². The lowest BCUT2D eigenvalue weighted by Crippen LogP contribution is -2.34. The van der Waals surface area contributed by atoms with Crippen LogP contribution in [0, 0.1) is 6.92 Å². The molecule has 0 aromatic heterocycles. The van der Waals surface area contributed by atoms with Crippen molar-refractivity contribution in [2.24, 2.45) is 0 Å². The topological polar surface area (TPSA) is 58.2 Å². The van der Waals surface area contributed by atoms with E-state index in [9.17, 15) is 9.59 Å². The van der Waals surface area contributed by atoms with Gasteiger partial charge in [-0.3, -0.25) is 10.1 Å². The molecule has 0 aliphatic heterocycles. The van der Waals surface area contributed by atoms with E-state index in [1.54, 1.807) is 24.3 Å². The Hall–Kier alpha value is -2.18. The monoisotopic (exact) mass is 464 g/mol. The summed E-state index contributed by atoms with van der Waals surface area (Å²) in [7, 11) is 0. The normalized spacial score (nSPS) is 10.5. The number of carbonyl (C=O) groups excluding carboxylic acids is 2. The molecule has 0 aliphatic rings. The zero-order valence-electron chi connectivity index (χ0n) is 15.1. The number of hydrogen-bond donors (Lipinski definition) is 2. The summed E-state index contributed by atoms with van der Waals surface area (Å²) in [5.41, 5.74) is 1.66. The van der Waals surface area contributed by atoms with Crippen molar-refractivity contribution >= 4 is 64.2 Å². The zero-order chi connectivity index (χ0) is 21.0. The van der Waals surface area contributed by atoms with Crippen LogP contribution in [0.2, 0.25) is 15.1 Å². The molecule has 3 aromatic rings. The number of carbonyl (C=O) groups is 2. The van der Waals surface area contributed by atoms with Crippen LogP contribution in [0.1, 0.15) is 15.9 Å². The average Bonchev–Trinajstić information content (AvgIpc) is 2.65. The van der Waals surface area contributed by atoms with Gasteiger partial charge in [-0.25, -0.2) is 4.79 Å². The van der Waals surface area contributed by atoms with Gasteiger partial charge >= 0.3 is 6.03 Å². The molecule has 0 heterocycles. The van der Waals surface area contributed by atoms with Crippen molar-refractivity contribution in [2.45, 2.75) is 16.7 Å². The van der Waals surface area contributed by atoms with Gasteiger partial charge in [0.2, 0.25) is 0 Å². The molecule has 0 aliphatic carbocycles. The molecule has 0 saturated carbocycles. The molecule has 2 N–H and O–H groups in total. The van der Waals surface area contributed by atoms with Crippen LogP contribution in [-0.4, -0.2) is 11.9 Å². The van der Waals surface area contributed by atoms with Crippen LogP contribution in [0.25, 0.3) is 0 Å². The van der Waals surface area contributed by atoms with Gasteiger partial charge in [-0.2, -0.15) is 0 Å². The Bertz CT molecular complexity index is 1050. The number of hydrogen-bond acceptors (Lipinski definition) is 3. The number of amides is 3. The first-order chi connectivity index (χ1) is 13.8. The van der Waals surface area contributed by atoms with Crippen molar-refractivity contribution in [1.29, 1.82) is 0 Å². The maximum absolute atomic E-state index is 12.3. The Morgan fingerprint density at radius 1 is 0.862 bits per heavy atom. The van der Waals surface area contributed by atoms with Crippen molar-refractivity contribution in [1.82, 2.24) is 5.32 Å². The Morgan fingerprint density at radius 3 is 2.14 bits per heavy atom. The number of halogens is 3. The lowest BCUT2D eigenvalue weighted by molar-refractivity contribution is 0.0967. The van der Waals surface area contributed by atoms with Crippen molar-refractivity contribution in [3.05, 3.63) is 86.9 Å². The molecule has 3 amide bonds. The second kappa shape index (κ2) is 9.55. The van der Waals surface area contributed by atoms with Gasteiger partial charge in [0, 0.05) is 15.5 Å². The summed E-state index contributed by atoms with van der Waals surface area (Å²) in [6.45, 7) is 2.03. The first kappa shape index (κ1) is 21.5. The van der Waals surface area contributed by atoms with E-state index in [0.29, 0.717) is 10.7 Å². The largest absolute Gasteiger partial charge is 0.326 e. The molecule has 29 heavy (non-hydrogen) atoms. The van der Waals surface area contributed by atoms with Crippen molar-refractivity contribution < 1.29 is 9.59 Å². The lowest BCUT2D eigenvalue weighted by atomic mass is 10.2. The van der Waals surface area contributed by atoms with E-state index in [1.807, 2.05) is 31.2 Å². The van der Waals surface area contributed by atoms with E-state index < -0.39 is 11.9 Å². The number of aryl methyl sites for hydroxylation is 1. The standard InChI is InChI=1S/C21H15Cl3N2O2S/c1-12-5-8-14(9-6-12)29-18-10-7-13(11-17(18)24)25-21(28)26-20(27)19-15(22)3-2-4-16(19)23/h2-11H,1H3,(H2,25,26,27,28). The van der Waals surface area contributed by atoms with Crippen LogP contribution < -0.4 is 10.6 Å². The summed E-state index contributed by atoms with van der Waals surface area (Å²) in [6.07, 6.45) is 0. The van der Waals surface area contributed by atoms with E-state index >= 15 is 0 Å². The summed E-state index contributed by atoms with van der Waals surface area (Å²) < 4.78 is 0. The van der Waals surface area contributed by atoms with Crippen LogP contribution in [0.3, 0.4) is 0 Å². The minimum atomic E-state index is -0.721. The highest BCUT2D eigenvalue weighted by Crippen LogP contribution is 2.35. The molecule has 0 spiro atoms. The van der Waals surface area contributed by atoms with Crippen LogP contribution in [0.15, 0.2) is 70.5 Å². The van der Waals surface area contributed by atoms with Crippen molar-refractivity contribution in [3.63, 3.8) is 0 Å². The average molecular weight is 466 g/mol. The van der Waals surface area contributed by atoms with Crippen LogP contribution >= 0.6 is 46.6 Å². The molecule has 148 valence electrons. The van der Waals surface area contributed by atoms with E-state index in [1.165, 1.54) is 29.5 Å². The smallest absolute Gasteiger partial charge is 0.308 e. The first-order valence-corrected chi connectivity index (χ1v) is 10.4. The van der Waals surface area contributed by atoms with Crippen molar-refractivity contribution in [2.75, 3.05) is 5.32 Å². The van der Waals surface area contributed by atoms with E-state index in [0.717, 1.165) is 9.79 Å². The minimum Gasteiger partial charge on any atom is -0.308 e. The number of nitrogens with one attached hydrogen (secondary N) is 2. The highest BCUT2D eigenvalue weighted by atomic mass is 35.5. The van der Waals surface area contributed by atoms with E-state index in [-0.39, 0.29) is 15.6 Å². The Labute approximate surface area is 187 Å². The highest BCUT2D eigenvalue weighted by Gasteiger charge is 2.17. The van der Waals surface area contributed by atoms with Gasteiger partial charge in [0.1, 0.15) is 0 Å². The lowest BCUT2D eigenvalue weighted by Gasteiger charge is -2.10. The van der Waals surface area contributed by atoms with E-state index in [4.69, 9.17) is 34.8 Å². The molecule has 4 nitrogen and oxygen atoms in total. The Morgan fingerprint density at radius 2 is 1.52 bits per heavy atom. The molecule has 3 aromatic carbocycles. The first-order valence-electron chi connectivity index (χ1n) is 8.44. The van der Waals surface area contributed by atoms with E-state index in [2.05, 4.69) is 10.6 Å². The second-order valence-electron chi connectivity index (χ2n) is 6.07. The molecule has 0 bridgehead atoms. The maximum atomic E-state index is 12.3. The summed E-state index contributed by atoms with van der Waals surface area (Å²) in [5, 5.41) is 5.56. The third-order valence-electron chi connectivity index (χ3n) is 3.86. The third kappa shape index (κ3) is 5.67. The van der Waals surface area contributed by atoms with Gasteiger partial charge in [0.25, 0.3) is 5.91 Å². The van der Waals surface area contributed by atoms with Gasteiger partial charge in [-0.15, -0.1) is 0 Å². The molecule has 0 fully saturated rings. The maximum Gasteiger partial charge on any atom is 0.326 e. The molecule has 0 radical (unpaired) electrons. The molecular formula is C21H15Cl3N2O2S. The summed E-state index contributed by atoms with van der Waals surface area (Å²) >= 11 is 19.8. The molecule has 0 saturated heterocycles. The fourth-order valence-corrected chi connectivity index (χ4v) is 4.12. The minimum absolute atomic E-state index is 0.0360. The predicted molar refractivity (Wildman–Crippen MR) is 120 cm³/mol. The number of rotatable bonds is 4. The fourth-order valence-electron chi connectivity index (χ4n) is 2.44. The number of benzene rings is 3. The molecule has 8 heteroatoms. The second-order valence-corrected chi connectivity index (χ2v) is 8.40. The summed E-state index contributed by atoms with van der Waals surface area (Å²) in [6, 6.07) is 17.1. The third-order valence-corrected chi connectivity index (χ3v) is 5.99. The molecule has 0 atom stereocenters. The predicted octanol–water partition coefficient (Wildman–Crippen LogP) is 7.07. The van der Waals surface area contributed by atoms with Gasteiger partial charge in [-0.05, 0) is 49.4 Å². The SMILES string of the molecule is Cc1ccc(Sc2ccc(NC(=O)NC(=O)c3c(Cl)cccc3Cl)cc2Cl)cc1. The zero-order valence-corrected chi connectivity index (χ0v) is 18.2. The van der Waals surface area contributed by atoms with Crippen LogP contribution in [0.5, 0.6) is 0 Å². The molecular weight excluding hydrogens is 451 g/mol. The Balaban J connectivity index is 1.65. The van der Waals surface area contributed by atoms with Gasteiger partial charge in [0.05, 0.1) is 20.6 Å². The van der Waals surface area contributed by atoms with Gasteiger partial charge in [0.15, 0.2) is 0 Å². The highest BCUT2D eigenvalue weighted by molar-refractivity contribution is 7.99. The summed E-state index contributed by atoms with van der Waals surface area (Å²) in [5.74, 6) is -0.698.